The van der Waals surface area contributed by atoms with Crippen molar-refractivity contribution in [2.75, 3.05) is 0 Å². The first-order valence-electron chi connectivity index (χ1n) is 17.8. The third-order valence-corrected chi connectivity index (χ3v) is 11.8. The summed E-state index contributed by atoms with van der Waals surface area (Å²) in [6, 6.07) is 8.75. The van der Waals surface area contributed by atoms with Crippen LogP contribution in [0, 0.1) is 29.1 Å². The average Bonchev–Trinajstić information content (AvgIpc) is 3.50. The molecule has 3 aliphatic carbocycles. The van der Waals surface area contributed by atoms with Crippen molar-refractivity contribution in [1.82, 2.24) is 13.9 Å². The summed E-state index contributed by atoms with van der Waals surface area (Å²) in [6.07, 6.45) is 15.5. The number of aromatic nitrogens is 3. The summed E-state index contributed by atoms with van der Waals surface area (Å²) in [5.74, 6) is 1.21. The Morgan fingerprint density at radius 3 is 2.53 bits per heavy atom. The second-order valence-corrected chi connectivity index (χ2v) is 15.8. The van der Waals surface area contributed by atoms with Crippen molar-refractivity contribution >= 4 is 5.97 Å². The van der Waals surface area contributed by atoms with Gasteiger partial charge in [0, 0.05) is 0 Å². The molecule has 8 nitrogen and oxygen atoms in total. The quantitative estimate of drug-likeness (QED) is 0.286. The van der Waals surface area contributed by atoms with Gasteiger partial charge in [-0.15, -0.1) is 0 Å². The highest BCUT2D eigenvalue weighted by molar-refractivity contribution is 5.76. The van der Waals surface area contributed by atoms with E-state index in [9.17, 15) is 19.5 Å². The maximum absolute atomic E-state index is 14.3. The molecule has 6 atom stereocenters. The third kappa shape index (κ3) is 6.18. The van der Waals surface area contributed by atoms with E-state index in [2.05, 4.69) is 45.9 Å². The summed E-state index contributed by atoms with van der Waals surface area (Å²) in [6.45, 7) is 13.0. The number of benzene rings is 1. The molecule has 0 saturated heterocycles. The Morgan fingerprint density at radius 2 is 1.83 bits per heavy atom. The van der Waals surface area contributed by atoms with Crippen LogP contribution in [0.1, 0.15) is 105 Å². The summed E-state index contributed by atoms with van der Waals surface area (Å²) in [5, 5.41) is 9.79. The highest BCUT2D eigenvalue weighted by Crippen LogP contribution is 2.60. The maximum atomic E-state index is 14.3. The molecule has 47 heavy (non-hydrogen) atoms. The van der Waals surface area contributed by atoms with Crippen LogP contribution in [0.4, 0.5) is 0 Å². The summed E-state index contributed by atoms with van der Waals surface area (Å²) < 4.78 is 10.8. The maximum Gasteiger partial charge on any atom is 0.352 e. The lowest BCUT2D eigenvalue weighted by atomic mass is 9.61. The minimum Gasteiger partial charge on any atom is -0.479 e. The number of allylic oxidation sites excluding steroid dienone is 5. The fourth-order valence-corrected chi connectivity index (χ4v) is 9.32. The van der Waals surface area contributed by atoms with Crippen molar-refractivity contribution in [1.29, 1.82) is 0 Å². The zero-order chi connectivity index (χ0) is 33.7. The van der Waals surface area contributed by atoms with Crippen LogP contribution in [0.5, 0.6) is 0 Å². The zero-order valence-corrected chi connectivity index (χ0v) is 29.1. The molecule has 2 aromatic rings. The number of fused-ring (bicyclic) bond motifs is 2. The summed E-state index contributed by atoms with van der Waals surface area (Å²) in [4.78, 5) is 40.1. The van der Waals surface area contributed by atoms with Crippen LogP contribution < -0.4 is 11.4 Å². The first kappa shape index (κ1) is 33.5. The van der Waals surface area contributed by atoms with Crippen molar-refractivity contribution < 1.29 is 14.6 Å². The van der Waals surface area contributed by atoms with Gasteiger partial charge in [0.25, 0.3) is 0 Å². The molecule has 0 amide bonds. The van der Waals surface area contributed by atoms with Crippen molar-refractivity contribution in [2.24, 2.45) is 29.1 Å². The molecule has 1 aliphatic heterocycles. The lowest BCUT2D eigenvalue weighted by molar-refractivity contribution is -0.168. The standard InChI is InChI=1S/C39H53N3O5/c1-25(2)12-10-13-26(3)32-19-20-33-27(14-11-21-39(32,33)6)22-34-31-23-30(47-38(4,5)35(43)44)18-17-28(31)24-40-36(45)41(37(46)42(34)40)29-15-8-7-9-16-29/h7-10,13,15-16,22,25-26,30,32-34H,11-12,14,17-21,23-24H2,1-6H3,(H,43,44)/b13-10+,27-22+/t26-,30+,32+,33+,34+,39-/m1/s1. The topological polar surface area (TPSA) is 95.5 Å². The van der Waals surface area contributed by atoms with Gasteiger partial charge in [0.15, 0.2) is 5.60 Å². The van der Waals surface area contributed by atoms with Crippen LogP contribution in [-0.2, 0) is 16.1 Å². The number of carboxylic acid groups (broad SMARTS) is 1. The number of hydrogen-bond acceptors (Lipinski definition) is 4. The summed E-state index contributed by atoms with van der Waals surface area (Å²) >= 11 is 0. The number of carbonyl (C=O) groups is 1. The van der Waals surface area contributed by atoms with Gasteiger partial charge in [-0.05, 0) is 124 Å². The first-order chi connectivity index (χ1) is 22.3. The lowest BCUT2D eigenvalue weighted by Crippen LogP contribution is -2.42. The second-order valence-electron chi connectivity index (χ2n) is 15.8. The molecule has 0 spiro atoms. The molecular weight excluding hydrogens is 590 g/mol. The van der Waals surface area contributed by atoms with Crippen molar-refractivity contribution in [3.8, 4) is 5.69 Å². The van der Waals surface area contributed by atoms with Gasteiger partial charge in [0.05, 0.1) is 24.4 Å². The normalized spacial score (nSPS) is 29.3. The van der Waals surface area contributed by atoms with E-state index in [0.717, 1.165) is 31.3 Å². The molecular formula is C39H53N3O5. The smallest absolute Gasteiger partial charge is 0.352 e. The summed E-state index contributed by atoms with van der Waals surface area (Å²) in [7, 11) is 0. The van der Waals surface area contributed by atoms with Crippen LogP contribution in [-0.4, -0.2) is 36.7 Å². The molecule has 1 N–H and O–H groups in total. The number of nitrogens with zero attached hydrogens (tertiary/aromatic N) is 3. The highest BCUT2D eigenvalue weighted by Gasteiger charge is 2.51. The van der Waals surface area contributed by atoms with Crippen molar-refractivity contribution in [2.45, 2.75) is 124 Å². The SMILES string of the molecule is CC(C)C/C=C/[C@@H](C)[C@@H]1CC[C@H]2/C(=C/[C@H]3C4=C(CC[C@H](OC(C)(C)C(=O)O)C4)Cn4c(=O)n(-c5ccccc5)c(=O)n43)CCC[C@@]21C. The molecule has 0 bridgehead atoms. The van der Waals surface area contributed by atoms with E-state index in [0.29, 0.717) is 55.2 Å². The molecule has 4 aliphatic rings. The molecule has 8 heteroatoms. The molecule has 2 heterocycles. The fraction of sp³-hybridized carbons (Fsp3) is 0.615. The van der Waals surface area contributed by atoms with Gasteiger partial charge in [0.2, 0.25) is 0 Å². The van der Waals surface area contributed by atoms with E-state index >= 15 is 0 Å². The van der Waals surface area contributed by atoms with E-state index in [1.165, 1.54) is 28.6 Å². The number of rotatable bonds is 9. The zero-order valence-electron chi connectivity index (χ0n) is 29.1. The molecule has 254 valence electrons. The second kappa shape index (κ2) is 12.9. The van der Waals surface area contributed by atoms with Gasteiger partial charge in [-0.25, -0.2) is 28.3 Å². The predicted molar refractivity (Wildman–Crippen MR) is 185 cm³/mol. The molecule has 1 aromatic heterocycles. The van der Waals surface area contributed by atoms with Gasteiger partial charge < -0.3 is 9.84 Å². The largest absolute Gasteiger partial charge is 0.479 e. The number of hydrogen-bond donors (Lipinski definition) is 1. The summed E-state index contributed by atoms with van der Waals surface area (Å²) in [5.41, 5.74) is 2.45. The van der Waals surface area contributed by atoms with Gasteiger partial charge in [-0.2, -0.15) is 0 Å². The molecule has 1 aromatic carbocycles. The Kier molecular flexibility index (Phi) is 9.20. The Labute approximate surface area is 278 Å². The van der Waals surface area contributed by atoms with Crippen molar-refractivity contribution in [3.05, 3.63) is 86.2 Å². The number of ether oxygens (including phenoxy) is 1. The van der Waals surface area contributed by atoms with Crippen LogP contribution in [0.15, 0.2) is 74.9 Å². The fourth-order valence-electron chi connectivity index (χ4n) is 9.32. The Morgan fingerprint density at radius 1 is 1.09 bits per heavy atom. The van der Waals surface area contributed by atoms with Crippen LogP contribution in [0.2, 0.25) is 0 Å². The van der Waals surface area contributed by atoms with Crippen LogP contribution >= 0.6 is 0 Å². The molecule has 2 fully saturated rings. The van der Waals surface area contributed by atoms with Gasteiger partial charge >= 0.3 is 17.3 Å². The van der Waals surface area contributed by atoms with Gasteiger partial charge in [0.1, 0.15) is 0 Å². The van der Waals surface area contributed by atoms with Crippen LogP contribution in [0.3, 0.4) is 0 Å². The van der Waals surface area contributed by atoms with E-state index < -0.39 is 17.6 Å². The minimum absolute atomic E-state index is 0.182. The minimum atomic E-state index is -1.31. The highest BCUT2D eigenvalue weighted by atomic mass is 16.5. The van der Waals surface area contributed by atoms with Gasteiger partial charge in [-0.1, -0.05) is 69.7 Å². The van der Waals surface area contributed by atoms with Crippen molar-refractivity contribution in [3.63, 3.8) is 0 Å². The molecule has 0 radical (unpaired) electrons. The number of aliphatic carboxylic acids is 1. The first-order valence-corrected chi connectivity index (χ1v) is 17.8. The Hall–Kier alpha value is -3.39. The third-order valence-electron chi connectivity index (χ3n) is 11.8. The average molecular weight is 644 g/mol. The van der Waals surface area contributed by atoms with E-state index in [-0.39, 0.29) is 22.9 Å². The Bertz CT molecular complexity index is 1700. The monoisotopic (exact) mass is 643 g/mol. The molecule has 2 saturated carbocycles. The lowest BCUT2D eigenvalue weighted by Gasteiger charge is -2.44. The Balaban J connectivity index is 1.41. The van der Waals surface area contributed by atoms with E-state index in [1.807, 2.05) is 18.2 Å². The molecule has 0 unspecified atom stereocenters. The van der Waals surface area contributed by atoms with Crippen LogP contribution in [0.25, 0.3) is 5.69 Å². The van der Waals surface area contributed by atoms with Gasteiger partial charge in [-0.3, -0.25) is 0 Å². The number of carboxylic acids is 1. The number of para-hydroxylation sites is 1. The molecule has 6 rings (SSSR count). The predicted octanol–water partition coefficient (Wildman–Crippen LogP) is 7.47. The van der Waals surface area contributed by atoms with E-state index in [1.54, 1.807) is 35.3 Å². The van der Waals surface area contributed by atoms with E-state index in [4.69, 9.17) is 4.74 Å².